The number of methoxy groups -OCH3 is 1. The summed E-state index contributed by atoms with van der Waals surface area (Å²) in [5, 5.41) is 2.73. The van der Waals surface area contributed by atoms with Crippen molar-refractivity contribution in [3.05, 3.63) is 42.2 Å². The van der Waals surface area contributed by atoms with E-state index in [4.69, 9.17) is 10.5 Å². The monoisotopic (exact) mass is 235 g/mol. The van der Waals surface area contributed by atoms with Gasteiger partial charge in [0.15, 0.2) is 6.10 Å². The normalized spacial score (nSPS) is 12.6. The predicted octanol–water partition coefficient (Wildman–Crippen LogP) is 0.400. The van der Waals surface area contributed by atoms with E-state index >= 15 is 0 Å². The van der Waals surface area contributed by atoms with Gasteiger partial charge in [0.1, 0.15) is 0 Å². The third-order valence-electron chi connectivity index (χ3n) is 2.16. The fourth-order valence-electron chi connectivity index (χ4n) is 1.36. The number of ether oxygens (including phenoxy) is 1. The van der Waals surface area contributed by atoms with Gasteiger partial charge in [-0.25, -0.2) is 0 Å². The Labute approximate surface area is 101 Å². The number of amides is 1. The number of hydrogen-bond donors (Lipinski definition) is 2. The molecule has 0 aliphatic carbocycles. The zero-order valence-corrected chi connectivity index (χ0v) is 9.80. The SMILES string of the molecule is COC(C(=O)NC/C=C/CN)c1cccnc1. The minimum atomic E-state index is -0.630. The first-order chi connectivity index (χ1) is 8.29. The van der Waals surface area contributed by atoms with E-state index in [2.05, 4.69) is 10.3 Å². The predicted molar refractivity (Wildman–Crippen MR) is 65.2 cm³/mol. The van der Waals surface area contributed by atoms with Gasteiger partial charge in [0.05, 0.1) is 0 Å². The molecule has 3 N–H and O–H groups in total. The Kier molecular flexibility index (Phi) is 5.92. The van der Waals surface area contributed by atoms with Crippen LogP contribution in [0, 0.1) is 0 Å². The highest BCUT2D eigenvalue weighted by Crippen LogP contribution is 2.14. The van der Waals surface area contributed by atoms with Crippen LogP contribution >= 0.6 is 0 Å². The van der Waals surface area contributed by atoms with Crippen LogP contribution in [0.15, 0.2) is 36.7 Å². The van der Waals surface area contributed by atoms with Crippen molar-refractivity contribution in [3.63, 3.8) is 0 Å². The number of pyridine rings is 1. The number of hydrogen-bond acceptors (Lipinski definition) is 4. The number of aromatic nitrogens is 1. The second kappa shape index (κ2) is 7.54. The lowest BCUT2D eigenvalue weighted by Crippen LogP contribution is -2.30. The molecule has 1 aromatic rings. The van der Waals surface area contributed by atoms with Crippen molar-refractivity contribution < 1.29 is 9.53 Å². The zero-order valence-electron chi connectivity index (χ0n) is 9.80. The molecule has 1 heterocycles. The highest BCUT2D eigenvalue weighted by Gasteiger charge is 2.18. The molecule has 1 unspecified atom stereocenters. The van der Waals surface area contributed by atoms with Gasteiger partial charge < -0.3 is 15.8 Å². The maximum absolute atomic E-state index is 11.8. The summed E-state index contributed by atoms with van der Waals surface area (Å²) in [6, 6.07) is 3.57. The van der Waals surface area contributed by atoms with Crippen molar-refractivity contribution in [1.82, 2.24) is 10.3 Å². The molecule has 0 aliphatic rings. The smallest absolute Gasteiger partial charge is 0.254 e. The molecule has 1 amide bonds. The van der Waals surface area contributed by atoms with E-state index in [9.17, 15) is 4.79 Å². The van der Waals surface area contributed by atoms with E-state index in [0.717, 1.165) is 5.56 Å². The molecule has 17 heavy (non-hydrogen) atoms. The summed E-state index contributed by atoms with van der Waals surface area (Å²) in [5.74, 6) is -0.192. The van der Waals surface area contributed by atoms with Crippen LogP contribution in [-0.2, 0) is 9.53 Å². The highest BCUT2D eigenvalue weighted by atomic mass is 16.5. The summed E-state index contributed by atoms with van der Waals surface area (Å²) < 4.78 is 5.15. The quantitative estimate of drug-likeness (QED) is 0.700. The molecule has 0 saturated heterocycles. The van der Waals surface area contributed by atoms with E-state index in [1.807, 2.05) is 0 Å². The molecular formula is C12H17N3O2. The minimum absolute atomic E-state index is 0.192. The van der Waals surface area contributed by atoms with Crippen LogP contribution in [0.5, 0.6) is 0 Å². The summed E-state index contributed by atoms with van der Waals surface area (Å²) in [4.78, 5) is 15.8. The van der Waals surface area contributed by atoms with Gasteiger partial charge in [0.25, 0.3) is 5.91 Å². The van der Waals surface area contributed by atoms with Crippen molar-refractivity contribution in [2.45, 2.75) is 6.10 Å². The summed E-state index contributed by atoms with van der Waals surface area (Å²) in [6.07, 6.45) is 6.22. The molecular weight excluding hydrogens is 218 g/mol. The van der Waals surface area contributed by atoms with Gasteiger partial charge in [-0.3, -0.25) is 9.78 Å². The van der Waals surface area contributed by atoms with E-state index in [-0.39, 0.29) is 5.91 Å². The Morgan fingerprint density at radius 1 is 1.65 bits per heavy atom. The third kappa shape index (κ3) is 4.34. The highest BCUT2D eigenvalue weighted by molar-refractivity contribution is 5.82. The van der Waals surface area contributed by atoms with Gasteiger partial charge in [-0.1, -0.05) is 18.2 Å². The molecule has 0 bridgehead atoms. The van der Waals surface area contributed by atoms with Crippen LogP contribution < -0.4 is 11.1 Å². The topological polar surface area (TPSA) is 77.2 Å². The molecule has 1 rings (SSSR count). The molecule has 5 heteroatoms. The first-order valence-electron chi connectivity index (χ1n) is 5.35. The summed E-state index contributed by atoms with van der Waals surface area (Å²) in [7, 11) is 1.49. The molecule has 92 valence electrons. The van der Waals surface area contributed by atoms with Crippen molar-refractivity contribution in [3.8, 4) is 0 Å². The number of nitrogens with two attached hydrogens (primary N) is 1. The van der Waals surface area contributed by atoms with Gasteiger partial charge >= 0.3 is 0 Å². The lowest BCUT2D eigenvalue weighted by molar-refractivity contribution is -0.131. The van der Waals surface area contributed by atoms with Crippen molar-refractivity contribution in [1.29, 1.82) is 0 Å². The second-order valence-electron chi connectivity index (χ2n) is 3.35. The molecule has 0 aliphatic heterocycles. The number of rotatable bonds is 6. The van der Waals surface area contributed by atoms with Crippen molar-refractivity contribution >= 4 is 5.91 Å². The lowest BCUT2D eigenvalue weighted by atomic mass is 10.1. The maximum atomic E-state index is 11.8. The van der Waals surface area contributed by atoms with Crippen LogP contribution in [0.3, 0.4) is 0 Å². The molecule has 5 nitrogen and oxygen atoms in total. The fourth-order valence-corrected chi connectivity index (χ4v) is 1.36. The number of carbonyl (C=O) groups is 1. The van der Waals surface area contributed by atoms with E-state index in [1.54, 1.807) is 36.7 Å². The second-order valence-corrected chi connectivity index (χ2v) is 3.35. The van der Waals surface area contributed by atoms with Gasteiger partial charge in [0.2, 0.25) is 0 Å². The molecule has 1 aromatic heterocycles. The Morgan fingerprint density at radius 3 is 3.06 bits per heavy atom. The van der Waals surface area contributed by atoms with Gasteiger partial charge in [-0.15, -0.1) is 0 Å². The largest absolute Gasteiger partial charge is 0.367 e. The Hall–Kier alpha value is -1.72. The standard InChI is InChI=1S/C12H17N3O2/c1-17-11(10-5-4-7-14-9-10)12(16)15-8-3-2-6-13/h2-5,7,9,11H,6,8,13H2,1H3,(H,15,16)/b3-2+. The molecule has 0 fully saturated rings. The van der Waals surface area contributed by atoms with Crippen LogP contribution in [-0.4, -0.2) is 31.1 Å². The van der Waals surface area contributed by atoms with E-state index in [0.29, 0.717) is 13.1 Å². The van der Waals surface area contributed by atoms with Crippen LogP contribution in [0.2, 0.25) is 0 Å². The Bertz CT molecular complexity index is 365. The van der Waals surface area contributed by atoms with E-state index < -0.39 is 6.10 Å². The number of nitrogens with zero attached hydrogens (tertiary/aromatic N) is 1. The number of nitrogens with one attached hydrogen (secondary N) is 1. The molecule has 0 aromatic carbocycles. The molecule has 0 spiro atoms. The van der Waals surface area contributed by atoms with Gasteiger partial charge in [0, 0.05) is 38.2 Å². The first-order valence-corrected chi connectivity index (χ1v) is 5.35. The molecule has 0 saturated carbocycles. The fraction of sp³-hybridized carbons (Fsp3) is 0.333. The Balaban J connectivity index is 2.56. The summed E-state index contributed by atoms with van der Waals surface area (Å²) in [6.45, 7) is 0.905. The van der Waals surface area contributed by atoms with E-state index in [1.165, 1.54) is 7.11 Å². The average molecular weight is 235 g/mol. The van der Waals surface area contributed by atoms with Crippen LogP contribution in [0.25, 0.3) is 0 Å². The Morgan fingerprint density at radius 2 is 2.47 bits per heavy atom. The van der Waals surface area contributed by atoms with Crippen LogP contribution in [0.4, 0.5) is 0 Å². The van der Waals surface area contributed by atoms with Crippen LogP contribution in [0.1, 0.15) is 11.7 Å². The summed E-state index contributed by atoms with van der Waals surface area (Å²) in [5.41, 5.74) is 6.02. The first kappa shape index (κ1) is 13.3. The zero-order chi connectivity index (χ0) is 12.5. The summed E-state index contributed by atoms with van der Waals surface area (Å²) >= 11 is 0. The molecule has 0 radical (unpaired) electrons. The third-order valence-corrected chi connectivity index (χ3v) is 2.16. The average Bonchev–Trinajstić information content (AvgIpc) is 2.37. The van der Waals surface area contributed by atoms with Crippen molar-refractivity contribution in [2.75, 3.05) is 20.2 Å². The lowest BCUT2D eigenvalue weighted by Gasteiger charge is -2.14. The van der Waals surface area contributed by atoms with Gasteiger partial charge in [-0.2, -0.15) is 0 Å². The van der Waals surface area contributed by atoms with Gasteiger partial charge in [-0.05, 0) is 6.07 Å². The molecule has 1 atom stereocenters. The maximum Gasteiger partial charge on any atom is 0.254 e. The van der Waals surface area contributed by atoms with Crippen molar-refractivity contribution in [2.24, 2.45) is 5.73 Å². The number of carbonyl (C=O) groups excluding carboxylic acids is 1. The minimum Gasteiger partial charge on any atom is -0.367 e.